The molecule has 1 aromatic heterocycles. The summed E-state index contributed by atoms with van der Waals surface area (Å²) in [5, 5.41) is 3.82. The first-order chi connectivity index (χ1) is 10.5. The Morgan fingerprint density at radius 1 is 1.23 bits per heavy atom. The van der Waals surface area contributed by atoms with Gasteiger partial charge >= 0.3 is 0 Å². The molecule has 0 bridgehead atoms. The van der Waals surface area contributed by atoms with E-state index in [1.807, 2.05) is 0 Å². The van der Waals surface area contributed by atoms with Crippen LogP contribution < -0.4 is 10.0 Å². The van der Waals surface area contributed by atoms with Crippen LogP contribution in [0.1, 0.15) is 12.7 Å². The molecule has 9 heteroatoms. The van der Waals surface area contributed by atoms with Gasteiger partial charge in [-0.25, -0.2) is 13.4 Å². The largest absolute Gasteiger partial charge is 0.384 e. The van der Waals surface area contributed by atoms with Gasteiger partial charge in [-0.1, -0.05) is 0 Å². The van der Waals surface area contributed by atoms with Gasteiger partial charge in [-0.2, -0.15) is 4.37 Å². The Labute approximate surface area is 134 Å². The fourth-order valence-electron chi connectivity index (χ4n) is 1.60. The second-order valence-corrected chi connectivity index (χ2v) is 7.23. The van der Waals surface area contributed by atoms with Gasteiger partial charge < -0.3 is 10.1 Å². The van der Waals surface area contributed by atoms with Crippen molar-refractivity contribution in [2.45, 2.75) is 13.3 Å². The second kappa shape index (κ2) is 7.52. The molecule has 0 saturated heterocycles. The van der Waals surface area contributed by atoms with Crippen molar-refractivity contribution in [2.24, 2.45) is 0 Å². The standard InChI is InChI=1S/C13H18N4O3S2/c1-3-22(18,19)17-11-6-4-10(5-7-11)14-13-15-12(16-21-13)8-9-20-2/h4-7,17H,3,8-9H2,1-2H3,(H,14,15,16). The molecule has 0 radical (unpaired) electrons. The number of nitrogens with one attached hydrogen (secondary N) is 2. The predicted octanol–water partition coefficient (Wildman–Crippen LogP) is 2.23. The fraction of sp³-hybridized carbons (Fsp3) is 0.385. The summed E-state index contributed by atoms with van der Waals surface area (Å²) >= 11 is 1.27. The SMILES string of the molecule is CCS(=O)(=O)Nc1ccc(Nc2nc(CCOC)ns2)cc1. The third-order valence-electron chi connectivity index (χ3n) is 2.79. The summed E-state index contributed by atoms with van der Waals surface area (Å²) in [4.78, 5) is 4.34. The molecular weight excluding hydrogens is 324 g/mol. The monoisotopic (exact) mass is 342 g/mol. The number of anilines is 3. The van der Waals surface area contributed by atoms with Crippen LogP contribution in [0.15, 0.2) is 24.3 Å². The van der Waals surface area contributed by atoms with Crippen molar-refractivity contribution < 1.29 is 13.2 Å². The smallest absolute Gasteiger partial charge is 0.232 e. The van der Waals surface area contributed by atoms with Crippen LogP contribution in [0.2, 0.25) is 0 Å². The minimum absolute atomic E-state index is 0.0437. The van der Waals surface area contributed by atoms with Gasteiger partial charge in [0.05, 0.1) is 12.4 Å². The molecule has 0 amide bonds. The van der Waals surface area contributed by atoms with E-state index in [1.165, 1.54) is 11.5 Å². The molecule has 0 unspecified atom stereocenters. The van der Waals surface area contributed by atoms with E-state index in [-0.39, 0.29) is 5.75 Å². The van der Waals surface area contributed by atoms with E-state index in [0.29, 0.717) is 23.8 Å². The lowest BCUT2D eigenvalue weighted by Gasteiger charge is -2.07. The van der Waals surface area contributed by atoms with Crippen LogP contribution >= 0.6 is 11.5 Å². The van der Waals surface area contributed by atoms with Gasteiger partial charge in [0.15, 0.2) is 0 Å². The van der Waals surface area contributed by atoms with E-state index >= 15 is 0 Å². The van der Waals surface area contributed by atoms with Crippen molar-refractivity contribution in [2.75, 3.05) is 29.5 Å². The topological polar surface area (TPSA) is 93.2 Å². The second-order valence-electron chi connectivity index (χ2n) is 4.47. The lowest BCUT2D eigenvalue weighted by atomic mass is 10.3. The van der Waals surface area contributed by atoms with Crippen molar-refractivity contribution in [1.29, 1.82) is 0 Å². The highest BCUT2D eigenvalue weighted by atomic mass is 32.2. The Kier molecular flexibility index (Phi) is 5.69. The molecule has 2 rings (SSSR count). The first-order valence-corrected chi connectivity index (χ1v) is 9.14. The van der Waals surface area contributed by atoms with Crippen LogP contribution in [-0.2, 0) is 21.2 Å². The van der Waals surface area contributed by atoms with Crippen molar-refractivity contribution in [3.63, 3.8) is 0 Å². The lowest BCUT2D eigenvalue weighted by molar-refractivity contribution is 0.201. The summed E-state index contributed by atoms with van der Waals surface area (Å²) in [6.07, 6.45) is 0.673. The summed E-state index contributed by atoms with van der Waals surface area (Å²) in [5.74, 6) is 0.781. The molecule has 2 N–H and O–H groups in total. The molecule has 0 spiro atoms. The summed E-state index contributed by atoms with van der Waals surface area (Å²) in [7, 11) is -1.61. The van der Waals surface area contributed by atoms with Gasteiger partial charge in [0.2, 0.25) is 15.2 Å². The van der Waals surface area contributed by atoms with Gasteiger partial charge in [0.25, 0.3) is 0 Å². The van der Waals surface area contributed by atoms with Crippen LogP contribution in [-0.4, -0.2) is 37.2 Å². The number of sulfonamides is 1. The number of hydrogen-bond acceptors (Lipinski definition) is 7. The lowest BCUT2D eigenvalue weighted by Crippen LogP contribution is -2.14. The van der Waals surface area contributed by atoms with E-state index in [9.17, 15) is 8.42 Å². The summed E-state index contributed by atoms with van der Waals surface area (Å²) < 4.78 is 34.7. The number of nitrogens with zero attached hydrogens (tertiary/aromatic N) is 2. The average molecular weight is 342 g/mol. The van der Waals surface area contributed by atoms with E-state index in [1.54, 1.807) is 38.3 Å². The van der Waals surface area contributed by atoms with Crippen LogP contribution in [0.25, 0.3) is 0 Å². The van der Waals surface area contributed by atoms with Crippen LogP contribution in [0.5, 0.6) is 0 Å². The van der Waals surface area contributed by atoms with Crippen LogP contribution in [0.3, 0.4) is 0 Å². The molecule has 22 heavy (non-hydrogen) atoms. The first-order valence-electron chi connectivity index (χ1n) is 6.71. The molecule has 2 aromatic rings. The minimum Gasteiger partial charge on any atom is -0.384 e. The Morgan fingerprint density at radius 3 is 2.55 bits per heavy atom. The summed E-state index contributed by atoms with van der Waals surface area (Å²) in [5.41, 5.74) is 1.35. The molecule has 1 aromatic carbocycles. The third-order valence-corrected chi connectivity index (χ3v) is 4.76. The molecular formula is C13H18N4O3S2. The van der Waals surface area contributed by atoms with E-state index in [4.69, 9.17) is 4.74 Å². The van der Waals surface area contributed by atoms with E-state index in [0.717, 1.165) is 11.5 Å². The van der Waals surface area contributed by atoms with Gasteiger partial charge in [-0.05, 0) is 31.2 Å². The summed E-state index contributed by atoms with van der Waals surface area (Å²) in [6.45, 7) is 2.18. The highest BCUT2D eigenvalue weighted by Crippen LogP contribution is 2.21. The quantitative estimate of drug-likeness (QED) is 0.764. The van der Waals surface area contributed by atoms with Gasteiger partial charge in [0.1, 0.15) is 5.82 Å². The molecule has 7 nitrogen and oxygen atoms in total. The third kappa shape index (κ3) is 4.93. The van der Waals surface area contributed by atoms with Gasteiger partial charge in [-0.3, -0.25) is 4.72 Å². The van der Waals surface area contributed by atoms with Crippen molar-refractivity contribution in [3.05, 3.63) is 30.1 Å². The van der Waals surface area contributed by atoms with Crippen LogP contribution in [0.4, 0.5) is 16.5 Å². The molecule has 0 aliphatic rings. The van der Waals surface area contributed by atoms with Gasteiger partial charge in [0, 0.05) is 36.4 Å². The Hall–Kier alpha value is -1.71. The maximum absolute atomic E-state index is 11.5. The Balaban J connectivity index is 1.97. The zero-order valence-electron chi connectivity index (χ0n) is 12.4. The zero-order valence-corrected chi connectivity index (χ0v) is 14.0. The minimum atomic E-state index is -3.25. The van der Waals surface area contributed by atoms with Crippen molar-refractivity contribution >= 4 is 38.1 Å². The number of ether oxygens (including phenoxy) is 1. The highest BCUT2D eigenvalue weighted by Gasteiger charge is 2.07. The molecule has 1 heterocycles. The van der Waals surface area contributed by atoms with E-state index in [2.05, 4.69) is 19.4 Å². The number of aromatic nitrogens is 2. The number of benzene rings is 1. The Bertz CT molecular complexity index is 698. The zero-order chi connectivity index (χ0) is 16.0. The molecule has 0 atom stereocenters. The van der Waals surface area contributed by atoms with Gasteiger partial charge in [-0.15, -0.1) is 0 Å². The number of rotatable bonds is 8. The first kappa shape index (κ1) is 16.7. The molecule has 120 valence electrons. The predicted molar refractivity (Wildman–Crippen MR) is 88.3 cm³/mol. The normalized spacial score (nSPS) is 11.4. The highest BCUT2D eigenvalue weighted by molar-refractivity contribution is 7.92. The maximum Gasteiger partial charge on any atom is 0.232 e. The molecule has 0 aliphatic carbocycles. The molecule has 0 aliphatic heterocycles. The number of hydrogen-bond donors (Lipinski definition) is 2. The molecule has 0 fully saturated rings. The number of methoxy groups -OCH3 is 1. The molecule has 0 saturated carbocycles. The van der Waals surface area contributed by atoms with Crippen LogP contribution in [0, 0.1) is 0 Å². The summed E-state index contributed by atoms with van der Waals surface area (Å²) in [6, 6.07) is 6.96. The maximum atomic E-state index is 11.5. The van der Waals surface area contributed by atoms with Crippen molar-refractivity contribution in [3.8, 4) is 0 Å². The van der Waals surface area contributed by atoms with Crippen molar-refractivity contribution in [1.82, 2.24) is 9.36 Å². The average Bonchev–Trinajstić information content (AvgIpc) is 2.94. The van der Waals surface area contributed by atoms with E-state index < -0.39 is 10.0 Å². The fourth-order valence-corrected chi connectivity index (χ4v) is 2.87. The Morgan fingerprint density at radius 2 is 1.91 bits per heavy atom.